The van der Waals surface area contributed by atoms with Gasteiger partial charge < -0.3 is 5.73 Å². The Hall–Kier alpha value is -1.93. The van der Waals surface area contributed by atoms with Crippen LogP contribution in [0, 0.1) is 0 Å². The molecule has 0 spiro atoms. The van der Waals surface area contributed by atoms with Crippen molar-refractivity contribution in [3.8, 4) is 0 Å². The summed E-state index contributed by atoms with van der Waals surface area (Å²) in [7, 11) is -2.47. The summed E-state index contributed by atoms with van der Waals surface area (Å²) < 4.78 is 25.8. The standard InChI is InChI=1S/C12H15N3O4S/c1-15(10-6-7-11(16)14-12(10)17)20(18,19)9-4-2-8(13)3-5-9/h2-5,10H,6-7,13H2,1H3,(H,14,16,17). The Morgan fingerprint density at radius 1 is 1.25 bits per heavy atom. The number of hydrogen-bond acceptors (Lipinski definition) is 5. The van der Waals surface area contributed by atoms with E-state index in [2.05, 4.69) is 5.32 Å². The molecule has 1 aromatic rings. The second kappa shape index (κ2) is 5.22. The highest BCUT2D eigenvalue weighted by atomic mass is 32.2. The Morgan fingerprint density at radius 3 is 2.40 bits per heavy atom. The van der Waals surface area contributed by atoms with Crippen molar-refractivity contribution in [1.29, 1.82) is 0 Å². The summed E-state index contributed by atoms with van der Waals surface area (Å²) in [5.41, 5.74) is 5.97. The van der Waals surface area contributed by atoms with Crippen LogP contribution in [-0.4, -0.2) is 37.6 Å². The monoisotopic (exact) mass is 297 g/mol. The van der Waals surface area contributed by atoms with Crippen LogP contribution in [0.25, 0.3) is 0 Å². The van der Waals surface area contributed by atoms with Crippen molar-refractivity contribution in [3.05, 3.63) is 24.3 Å². The highest BCUT2D eigenvalue weighted by molar-refractivity contribution is 7.89. The first-order valence-corrected chi connectivity index (χ1v) is 7.43. The van der Waals surface area contributed by atoms with Crippen molar-refractivity contribution >= 4 is 27.5 Å². The van der Waals surface area contributed by atoms with E-state index >= 15 is 0 Å². The predicted molar refractivity (Wildman–Crippen MR) is 72.0 cm³/mol. The maximum atomic E-state index is 12.4. The number of amides is 2. The lowest BCUT2D eigenvalue weighted by molar-refractivity contribution is -0.135. The van der Waals surface area contributed by atoms with Gasteiger partial charge in [-0.05, 0) is 30.7 Å². The lowest BCUT2D eigenvalue weighted by Gasteiger charge is -2.28. The fraction of sp³-hybridized carbons (Fsp3) is 0.333. The van der Waals surface area contributed by atoms with Gasteiger partial charge in [0, 0.05) is 19.2 Å². The quantitative estimate of drug-likeness (QED) is 0.587. The van der Waals surface area contributed by atoms with Crippen LogP contribution in [0.1, 0.15) is 12.8 Å². The lowest BCUT2D eigenvalue weighted by Crippen LogP contribution is -2.52. The molecule has 1 aliphatic heterocycles. The first-order valence-electron chi connectivity index (χ1n) is 5.99. The van der Waals surface area contributed by atoms with Gasteiger partial charge in [-0.25, -0.2) is 8.42 Å². The first kappa shape index (κ1) is 14.5. The third-order valence-corrected chi connectivity index (χ3v) is 5.09. The molecule has 1 aliphatic rings. The van der Waals surface area contributed by atoms with Gasteiger partial charge in [0.1, 0.15) is 6.04 Å². The van der Waals surface area contributed by atoms with Crippen molar-refractivity contribution < 1.29 is 18.0 Å². The molecule has 0 bridgehead atoms. The molecular formula is C12H15N3O4S. The van der Waals surface area contributed by atoms with Gasteiger partial charge in [-0.3, -0.25) is 14.9 Å². The minimum absolute atomic E-state index is 0.0545. The summed E-state index contributed by atoms with van der Waals surface area (Å²) >= 11 is 0. The van der Waals surface area contributed by atoms with Crippen molar-refractivity contribution in [2.75, 3.05) is 12.8 Å². The zero-order chi connectivity index (χ0) is 14.9. The molecule has 1 saturated heterocycles. The fourth-order valence-electron chi connectivity index (χ4n) is 2.00. The van der Waals surface area contributed by atoms with Crippen LogP contribution in [0.2, 0.25) is 0 Å². The maximum Gasteiger partial charge on any atom is 0.245 e. The highest BCUT2D eigenvalue weighted by Gasteiger charge is 2.36. The van der Waals surface area contributed by atoms with Gasteiger partial charge in [0.15, 0.2) is 0 Å². The summed E-state index contributed by atoms with van der Waals surface area (Å²) in [6.07, 6.45) is 0.299. The summed E-state index contributed by atoms with van der Waals surface area (Å²) in [6.45, 7) is 0. The van der Waals surface area contributed by atoms with Gasteiger partial charge in [0.25, 0.3) is 0 Å². The SMILES string of the molecule is CN(C1CCC(=O)NC1=O)S(=O)(=O)c1ccc(N)cc1. The molecule has 1 atom stereocenters. The number of piperidine rings is 1. The zero-order valence-corrected chi connectivity index (χ0v) is 11.7. The molecule has 1 fully saturated rings. The first-order chi connectivity index (χ1) is 9.32. The van der Waals surface area contributed by atoms with Crippen molar-refractivity contribution in [1.82, 2.24) is 9.62 Å². The molecule has 8 heteroatoms. The molecule has 2 rings (SSSR count). The minimum atomic E-state index is -3.80. The molecule has 0 aliphatic carbocycles. The van der Waals surface area contributed by atoms with E-state index in [9.17, 15) is 18.0 Å². The number of anilines is 1. The van der Waals surface area contributed by atoms with Gasteiger partial charge in [-0.2, -0.15) is 4.31 Å². The Balaban J connectivity index is 2.27. The van der Waals surface area contributed by atoms with E-state index < -0.39 is 22.0 Å². The van der Waals surface area contributed by atoms with Crippen LogP contribution < -0.4 is 11.1 Å². The Bertz CT molecular complexity index is 639. The normalized spacial score (nSPS) is 20.0. The molecule has 7 nitrogen and oxygen atoms in total. The van der Waals surface area contributed by atoms with Gasteiger partial charge in [-0.15, -0.1) is 0 Å². The minimum Gasteiger partial charge on any atom is -0.399 e. The average Bonchev–Trinajstić information content (AvgIpc) is 2.38. The second-order valence-electron chi connectivity index (χ2n) is 4.56. The highest BCUT2D eigenvalue weighted by Crippen LogP contribution is 2.21. The zero-order valence-electron chi connectivity index (χ0n) is 10.9. The molecule has 0 saturated carbocycles. The average molecular weight is 297 g/mol. The van der Waals surface area contributed by atoms with Crippen molar-refractivity contribution in [2.45, 2.75) is 23.8 Å². The number of benzene rings is 1. The number of carbonyl (C=O) groups is 2. The maximum absolute atomic E-state index is 12.4. The number of carbonyl (C=O) groups excluding carboxylic acids is 2. The summed E-state index contributed by atoms with van der Waals surface area (Å²) in [4.78, 5) is 22.9. The van der Waals surface area contributed by atoms with Crippen molar-refractivity contribution in [2.24, 2.45) is 0 Å². The van der Waals surface area contributed by atoms with Crippen LogP contribution in [0.15, 0.2) is 29.2 Å². The van der Waals surface area contributed by atoms with Crippen LogP contribution in [0.3, 0.4) is 0 Å². The molecule has 1 heterocycles. The third kappa shape index (κ3) is 2.66. The van der Waals surface area contributed by atoms with Gasteiger partial charge in [-0.1, -0.05) is 0 Å². The number of sulfonamides is 1. The number of nitrogens with one attached hydrogen (secondary N) is 1. The van der Waals surface area contributed by atoms with E-state index in [1.807, 2.05) is 0 Å². The Kier molecular flexibility index (Phi) is 3.78. The van der Waals surface area contributed by atoms with Gasteiger partial charge in [0.05, 0.1) is 4.90 Å². The molecule has 1 aromatic carbocycles. The number of likely N-dealkylation sites (N-methyl/N-ethyl adjacent to an activating group) is 1. The van der Waals surface area contributed by atoms with Gasteiger partial charge >= 0.3 is 0 Å². The molecule has 0 aromatic heterocycles. The molecule has 108 valence electrons. The van der Waals surface area contributed by atoms with E-state index in [4.69, 9.17) is 5.73 Å². The molecule has 0 radical (unpaired) electrons. The number of hydrogen-bond donors (Lipinski definition) is 2. The fourth-order valence-corrected chi connectivity index (χ4v) is 3.35. The molecule has 3 N–H and O–H groups in total. The number of nitrogen functional groups attached to an aromatic ring is 1. The largest absolute Gasteiger partial charge is 0.399 e. The Morgan fingerprint density at radius 2 is 1.85 bits per heavy atom. The molecule has 2 amide bonds. The van der Waals surface area contributed by atoms with E-state index in [-0.39, 0.29) is 23.6 Å². The van der Waals surface area contributed by atoms with E-state index in [0.29, 0.717) is 5.69 Å². The van der Waals surface area contributed by atoms with Crippen LogP contribution in [0.5, 0.6) is 0 Å². The second-order valence-corrected chi connectivity index (χ2v) is 6.55. The smallest absolute Gasteiger partial charge is 0.245 e. The summed E-state index contributed by atoms with van der Waals surface area (Å²) in [5.74, 6) is -0.979. The summed E-state index contributed by atoms with van der Waals surface area (Å²) in [6, 6.07) is 4.84. The number of rotatable bonds is 3. The number of nitrogens with zero attached hydrogens (tertiary/aromatic N) is 1. The third-order valence-electron chi connectivity index (χ3n) is 3.21. The molecular weight excluding hydrogens is 282 g/mol. The summed E-state index contributed by atoms with van der Waals surface area (Å²) in [5, 5.41) is 2.14. The van der Waals surface area contributed by atoms with Crippen LogP contribution in [0.4, 0.5) is 5.69 Å². The van der Waals surface area contributed by atoms with Crippen LogP contribution in [-0.2, 0) is 19.6 Å². The molecule has 20 heavy (non-hydrogen) atoms. The van der Waals surface area contributed by atoms with E-state index in [1.54, 1.807) is 0 Å². The van der Waals surface area contributed by atoms with E-state index in [1.165, 1.54) is 31.3 Å². The van der Waals surface area contributed by atoms with E-state index in [0.717, 1.165) is 4.31 Å². The lowest BCUT2D eigenvalue weighted by atomic mass is 10.1. The topological polar surface area (TPSA) is 110 Å². The number of imide groups is 1. The van der Waals surface area contributed by atoms with Crippen LogP contribution >= 0.6 is 0 Å². The predicted octanol–water partition coefficient (Wildman–Crippen LogP) is -0.305. The number of nitrogens with two attached hydrogens (primary N) is 1. The molecule has 1 unspecified atom stereocenters. The van der Waals surface area contributed by atoms with Crippen molar-refractivity contribution in [3.63, 3.8) is 0 Å². The van der Waals surface area contributed by atoms with Gasteiger partial charge in [0.2, 0.25) is 21.8 Å². The Labute approximate surface area is 116 Å².